The van der Waals surface area contributed by atoms with Crippen molar-refractivity contribution in [3.63, 3.8) is 0 Å². The minimum absolute atomic E-state index is 0.118. The molecule has 0 aliphatic carbocycles. The van der Waals surface area contributed by atoms with Crippen molar-refractivity contribution in [3.8, 4) is 5.75 Å². The van der Waals surface area contributed by atoms with E-state index in [0.29, 0.717) is 15.1 Å². The molecule has 0 aromatic heterocycles. The fraction of sp³-hybridized carbons (Fsp3) is 0.0323. The van der Waals surface area contributed by atoms with Gasteiger partial charge in [0.25, 0.3) is 11.8 Å². The highest BCUT2D eigenvalue weighted by atomic mass is 79.9. The van der Waals surface area contributed by atoms with Crippen LogP contribution in [0.1, 0.15) is 37.4 Å². The van der Waals surface area contributed by atoms with E-state index in [1.807, 2.05) is 0 Å². The number of alkyl halides is 3. The van der Waals surface area contributed by atoms with Crippen LogP contribution < -0.4 is 15.5 Å². The normalized spacial score (nSPS) is 11.5. The number of anilines is 1. The summed E-state index contributed by atoms with van der Waals surface area (Å²) in [6.45, 7) is 0. The maximum absolute atomic E-state index is 13.0. The topological polar surface area (TPSA) is 96.9 Å². The lowest BCUT2D eigenvalue weighted by molar-refractivity contribution is -0.137. The Labute approximate surface area is 257 Å². The molecule has 0 heterocycles. The fourth-order valence-corrected chi connectivity index (χ4v) is 4.10. The zero-order valence-electron chi connectivity index (χ0n) is 21.9. The molecule has 0 saturated carbocycles. The second-order valence-electron chi connectivity index (χ2n) is 8.80. The zero-order valence-corrected chi connectivity index (χ0v) is 24.2. The van der Waals surface area contributed by atoms with E-state index >= 15 is 0 Å². The van der Waals surface area contributed by atoms with Crippen molar-refractivity contribution in [2.75, 3.05) is 5.32 Å². The van der Waals surface area contributed by atoms with Gasteiger partial charge in [0.1, 0.15) is 5.75 Å². The summed E-state index contributed by atoms with van der Waals surface area (Å²) in [5, 5.41) is 6.99. The standard InChI is InChI=1S/C31H20BrClF3N3O4/c32-24-10-13-27(43-28(40)14-9-19-7-11-25(33)12-8-19)22(16-24)18-37-39-30(42)21-4-2-6-26(17-21)38-29(41)20-3-1-5-23(15-20)31(34,35)36/h1-18H,(H,38,41)(H,39,42)/b14-9+,37-18?. The average Bonchev–Trinajstić information content (AvgIpc) is 2.98. The Kier molecular flexibility index (Phi) is 10.1. The summed E-state index contributed by atoms with van der Waals surface area (Å²) in [4.78, 5) is 37.6. The molecule has 0 atom stereocenters. The van der Waals surface area contributed by atoms with Crippen LogP contribution in [-0.4, -0.2) is 24.0 Å². The fourth-order valence-electron chi connectivity index (χ4n) is 3.60. The second kappa shape index (κ2) is 14.0. The Hall–Kier alpha value is -4.74. The molecule has 218 valence electrons. The summed E-state index contributed by atoms with van der Waals surface area (Å²) >= 11 is 9.21. The zero-order chi connectivity index (χ0) is 31.0. The number of carbonyl (C=O) groups excluding carboxylic acids is 3. The van der Waals surface area contributed by atoms with E-state index in [0.717, 1.165) is 23.8 Å². The van der Waals surface area contributed by atoms with E-state index in [4.69, 9.17) is 16.3 Å². The molecule has 2 amide bonds. The van der Waals surface area contributed by atoms with Gasteiger partial charge in [-0.05, 0) is 78.4 Å². The van der Waals surface area contributed by atoms with E-state index in [1.165, 1.54) is 42.6 Å². The van der Waals surface area contributed by atoms with Gasteiger partial charge < -0.3 is 10.1 Å². The van der Waals surface area contributed by atoms with Crippen LogP contribution in [0.4, 0.5) is 18.9 Å². The summed E-state index contributed by atoms with van der Waals surface area (Å²) in [5.74, 6) is -1.86. The molecule has 0 radical (unpaired) electrons. The van der Waals surface area contributed by atoms with Gasteiger partial charge >= 0.3 is 12.1 Å². The minimum Gasteiger partial charge on any atom is -0.423 e. The van der Waals surface area contributed by atoms with Crippen molar-refractivity contribution in [1.82, 2.24) is 5.43 Å². The van der Waals surface area contributed by atoms with Crippen LogP contribution in [0.5, 0.6) is 5.75 Å². The molecule has 0 spiro atoms. The first-order valence-corrected chi connectivity index (χ1v) is 13.5. The summed E-state index contributed by atoms with van der Waals surface area (Å²) in [7, 11) is 0. The van der Waals surface area contributed by atoms with E-state index in [-0.39, 0.29) is 22.6 Å². The molecule has 12 heteroatoms. The van der Waals surface area contributed by atoms with Crippen LogP contribution >= 0.6 is 27.5 Å². The first kappa shape index (κ1) is 31.2. The number of hydrogen-bond donors (Lipinski definition) is 2. The van der Waals surface area contributed by atoms with Crippen LogP contribution in [-0.2, 0) is 11.0 Å². The van der Waals surface area contributed by atoms with Crippen molar-refractivity contribution in [3.05, 3.63) is 134 Å². The summed E-state index contributed by atoms with van der Waals surface area (Å²) in [5.41, 5.74) is 2.63. The first-order valence-electron chi connectivity index (χ1n) is 12.3. The third-order valence-corrected chi connectivity index (χ3v) is 6.41. The van der Waals surface area contributed by atoms with Gasteiger partial charge in [-0.25, -0.2) is 10.2 Å². The SMILES string of the molecule is O=C(/C=C/c1ccc(Cl)cc1)Oc1ccc(Br)cc1C=NNC(=O)c1cccc(NC(=O)c2cccc(C(F)(F)F)c2)c1. The highest BCUT2D eigenvalue weighted by Crippen LogP contribution is 2.29. The number of nitrogens with zero attached hydrogens (tertiary/aromatic N) is 1. The number of hydrazone groups is 1. The molecule has 0 aliphatic rings. The Morgan fingerprint density at radius 1 is 0.860 bits per heavy atom. The van der Waals surface area contributed by atoms with Crippen LogP contribution in [0, 0.1) is 0 Å². The number of hydrogen-bond acceptors (Lipinski definition) is 5. The molecule has 4 aromatic rings. The quantitative estimate of drug-likeness (QED) is 0.0659. The average molecular weight is 671 g/mol. The van der Waals surface area contributed by atoms with E-state index in [2.05, 4.69) is 31.8 Å². The Bertz CT molecular complexity index is 1720. The largest absolute Gasteiger partial charge is 0.423 e. The van der Waals surface area contributed by atoms with Gasteiger partial charge in [0.2, 0.25) is 0 Å². The third-order valence-electron chi connectivity index (χ3n) is 5.67. The smallest absolute Gasteiger partial charge is 0.416 e. The van der Waals surface area contributed by atoms with Gasteiger partial charge in [0.15, 0.2) is 0 Å². The molecule has 4 aromatic carbocycles. The predicted octanol–water partition coefficient (Wildman–Crippen LogP) is 7.76. The first-order chi connectivity index (χ1) is 20.5. The van der Waals surface area contributed by atoms with Gasteiger partial charge in [-0.15, -0.1) is 0 Å². The van der Waals surface area contributed by atoms with E-state index < -0.39 is 29.5 Å². The maximum atomic E-state index is 13.0. The molecule has 0 fully saturated rings. The summed E-state index contributed by atoms with van der Waals surface area (Å²) in [6.07, 6.45) is -0.482. The number of amides is 2. The van der Waals surface area contributed by atoms with E-state index in [9.17, 15) is 27.6 Å². The van der Waals surface area contributed by atoms with Crippen molar-refractivity contribution in [1.29, 1.82) is 0 Å². The summed E-state index contributed by atoms with van der Waals surface area (Å²) in [6, 6.07) is 21.5. The number of nitrogens with one attached hydrogen (secondary N) is 2. The number of halogens is 5. The molecule has 4 rings (SSSR count). The molecule has 43 heavy (non-hydrogen) atoms. The maximum Gasteiger partial charge on any atom is 0.416 e. The molecular weight excluding hydrogens is 651 g/mol. The molecule has 0 bridgehead atoms. The van der Waals surface area contributed by atoms with Crippen molar-refractivity contribution < 1.29 is 32.3 Å². The van der Waals surface area contributed by atoms with Crippen molar-refractivity contribution in [2.24, 2.45) is 5.10 Å². The third kappa shape index (κ3) is 9.12. The Morgan fingerprint density at radius 3 is 2.28 bits per heavy atom. The molecular formula is C31H20BrClF3N3O4. The van der Waals surface area contributed by atoms with E-state index in [1.54, 1.807) is 48.5 Å². The number of esters is 1. The highest BCUT2D eigenvalue weighted by Gasteiger charge is 2.30. The molecule has 0 aliphatic heterocycles. The Morgan fingerprint density at radius 2 is 1.56 bits per heavy atom. The van der Waals surface area contributed by atoms with Gasteiger partial charge in [-0.3, -0.25) is 9.59 Å². The lowest BCUT2D eigenvalue weighted by Crippen LogP contribution is -2.18. The van der Waals surface area contributed by atoms with Crippen molar-refractivity contribution >= 4 is 63.3 Å². The van der Waals surface area contributed by atoms with Gasteiger partial charge in [-0.2, -0.15) is 18.3 Å². The van der Waals surface area contributed by atoms with Crippen LogP contribution in [0.15, 0.2) is 107 Å². The molecule has 7 nitrogen and oxygen atoms in total. The lowest BCUT2D eigenvalue weighted by Gasteiger charge is -2.10. The highest BCUT2D eigenvalue weighted by molar-refractivity contribution is 9.10. The number of ether oxygens (including phenoxy) is 1. The van der Waals surface area contributed by atoms with Gasteiger partial charge in [-0.1, -0.05) is 51.8 Å². The molecule has 2 N–H and O–H groups in total. The molecule has 0 saturated heterocycles. The number of carbonyl (C=O) groups is 3. The van der Waals surface area contributed by atoms with Gasteiger partial charge in [0, 0.05) is 37.9 Å². The monoisotopic (exact) mass is 669 g/mol. The van der Waals surface area contributed by atoms with Gasteiger partial charge in [0.05, 0.1) is 11.8 Å². The predicted molar refractivity (Wildman–Crippen MR) is 161 cm³/mol. The van der Waals surface area contributed by atoms with Crippen molar-refractivity contribution in [2.45, 2.75) is 6.18 Å². The minimum atomic E-state index is -4.60. The Balaban J connectivity index is 1.40. The van der Waals surface area contributed by atoms with Crippen LogP contribution in [0.2, 0.25) is 5.02 Å². The number of rotatable bonds is 8. The lowest BCUT2D eigenvalue weighted by atomic mass is 10.1. The summed E-state index contributed by atoms with van der Waals surface area (Å²) < 4.78 is 45.1. The number of benzene rings is 4. The second-order valence-corrected chi connectivity index (χ2v) is 10.2. The van der Waals surface area contributed by atoms with Crippen LogP contribution in [0.25, 0.3) is 6.08 Å². The molecule has 0 unspecified atom stereocenters. The van der Waals surface area contributed by atoms with Crippen LogP contribution in [0.3, 0.4) is 0 Å².